The molecular formula is C9H11NO2P+. The molecule has 1 aromatic carbocycles. The first-order valence-corrected chi connectivity index (χ1v) is 5.53. The van der Waals surface area contributed by atoms with Gasteiger partial charge in [-0.2, -0.15) is 4.89 Å². The van der Waals surface area contributed by atoms with Crippen molar-refractivity contribution in [1.82, 2.24) is 5.32 Å². The van der Waals surface area contributed by atoms with Crippen LogP contribution in [0.5, 0.6) is 0 Å². The summed E-state index contributed by atoms with van der Waals surface area (Å²) in [5.41, 5.74) is 2.15. The smallest absolute Gasteiger partial charge is 0.267 e. The molecule has 13 heavy (non-hydrogen) atoms. The zero-order valence-electron chi connectivity index (χ0n) is 7.10. The maximum Gasteiger partial charge on any atom is 0.529 e. The summed E-state index contributed by atoms with van der Waals surface area (Å²) in [6.07, 6.45) is 0.940. The minimum absolute atomic E-state index is 0.375. The Morgan fingerprint density at radius 1 is 1.46 bits per heavy atom. The highest BCUT2D eigenvalue weighted by molar-refractivity contribution is 7.38. The molecule has 3 nitrogen and oxygen atoms in total. The van der Waals surface area contributed by atoms with Crippen LogP contribution in [0.1, 0.15) is 16.9 Å². The van der Waals surface area contributed by atoms with Crippen molar-refractivity contribution in [2.24, 2.45) is 0 Å². The molecule has 0 aliphatic carbocycles. The lowest BCUT2D eigenvalue weighted by molar-refractivity contribution is 0.468. The van der Waals surface area contributed by atoms with Crippen molar-refractivity contribution < 1.29 is 9.46 Å². The summed E-state index contributed by atoms with van der Waals surface area (Å²) in [6.45, 7) is 0.781. The number of hydrogen-bond acceptors (Lipinski definition) is 2. The minimum Gasteiger partial charge on any atom is -0.267 e. The molecule has 1 aromatic rings. The van der Waals surface area contributed by atoms with E-state index < -0.39 is 8.03 Å². The third kappa shape index (κ3) is 1.63. The normalized spacial score (nSPS) is 22.2. The Balaban J connectivity index is 2.42. The van der Waals surface area contributed by atoms with Crippen molar-refractivity contribution >= 4 is 8.03 Å². The Bertz CT molecular complexity index is 340. The molecule has 0 fully saturated rings. The Labute approximate surface area is 77.7 Å². The number of fused-ring (bicyclic) bond motifs is 1. The Kier molecular flexibility index (Phi) is 2.40. The molecule has 0 spiro atoms. The van der Waals surface area contributed by atoms with E-state index in [1.165, 1.54) is 5.56 Å². The van der Waals surface area contributed by atoms with Gasteiger partial charge >= 0.3 is 8.03 Å². The standard InChI is InChI=1S/C9H10NO2P/c11-13(12)9-8-4-2-1-3-7(8)5-6-10-9/h1-4,9-10H,5-6H2/p+1. The number of benzene rings is 1. The predicted octanol–water partition coefficient (Wildman–Crippen LogP) is 1.57. The van der Waals surface area contributed by atoms with E-state index in [1.54, 1.807) is 0 Å². The van der Waals surface area contributed by atoms with Crippen molar-refractivity contribution in [3.05, 3.63) is 35.4 Å². The Hall–Kier alpha value is -0.760. The summed E-state index contributed by atoms with van der Waals surface area (Å²) in [5.74, 6) is -0.375. The second-order valence-corrected chi connectivity index (χ2v) is 4.23. The van der Waals surface area contributed by atoms with Crippen LogP contribution in [0.2, 0.25) is 0 Å². The molecule has 1 heterocycles. The molecule has 1 aliphatic heterocycles. The SMILES string of the molecule is O=[P+](O)C1NCCc2ccccc21. The van der Waals surface area contributed by atoms with E-state index in [2.05, 4.69) is 5.32 Å². The Morgan fingerprint density at radius 2 is 2.23 bits per heavy atom. The molecule has 4 heteroatoms. The van der Waals surface area contributed by atoms with Gasteiger partial charge in [-0.1, -0.05) is 24.3 Å². The van der Waals surface area contributed by atoms with Crippen molar-refractivity contribution in [2.45, 2.75) is 12.2 Å². The third-order valence-corrected chi connectivity index (χ3v) is 3.21. The van der Waals surface area contributed by atoms with E-state index >= 15 is 0 Å². The molecule has 0 bridgehead atoms. The first-order chi connectivity index (χ1) is 6.29. The zero-order valence-corrected chi connectivity index (χ0v) is 8.00. The lowest BCUT2D eigenvalue weighted by Crippen LogP contribution is -2.27. The van der Waals surface area contributed by atoms with Crippen LogP contribution in [0.4, 0.5) is 0 Å². The Morgan fingerprint density at radius 3 is 3.00 bits per heavy atom. The van der Waals surface area contributed by atoms with E-state index in [-0.39, 0.29) is 5.78 Å². The van der Waals surface area contributed by atoms with Crippen molar-refractivity contribution in [1.29, 1.82) is 0 Å². The summed E-state index contributed by atoms with van der Waals surface area (Å²) in [7, 11) is -2.17. The molecule has 0 radical (unpaired) electrons. The number of nitrogens with one attached hydrogen (secondary N) is 1. The van der Waals surface area contributed by atoms with Crippen LogP contribution in [-0.4, -0.2) is 11.4 Å². The lowest BCUT2D eigenvalue weighted by Gasteiger charge is -2.17. The predicted molar refractivity (Wildman–Crippen MR) is 50.7 cm³/mol. The van der Waals surface area contributed by atoms with E-state index in [0.29, 0.717) is 0 Å². The molecule has 2 atom stereocenters. The van der Waals surface area contributed by atoms with Gasteiger partial charge in [0.15, 0.2) is 0 Å². The van der Waals surface area contributed by atoms with Gasteiger partial charge in [-0.25, -0.2) is 0 Å². The molecule has 0 aromatic heterocycles. The third-order valence-electron chi connectivity index (χ3n) is 2.30. The second-order valence-electron chi connectivity index (χ2n) is 3.11. The highest BCUT2D eigenvalue weighted by Crippen LogP contribution is 2.38. The number of hydrogen-bond donors (Lipinski definition) is 2. The largest absolute Gasteiger partial charge is 0.529 e. The van der Waals surface area contributed by atoms with Gasteiger partial charge in [0.05, 0.1) is 0 Å². The van der Waals surface area contributed by atoms with E-state index in [0.717, 1.165) is 18.5 Å². The van der Waals surface area contributed by atoms with E-state index in [4.69, 9.17) is 4.89 Å². The van der Waals surface area contributed by atoms with E-state index in [9.17, 15) is 4.57 Å². The summed E-state index contributed by atoms with van der Waals surface area (Å²) >= 11 is 0. The van der Waals surface area contributed by atoms with Crippen LogP contribution in [-0.2, 0) is 11.0 Å². The first-order valence-electron chi connectivity index (χ1n) is 4.25. The number of rotatable bonds is 1. The van der Waals surface area contributed by atoms with Gasteiger partial charge in [0.2, 0.25) is 0 Å². The van der Waals surface area contributed by atoms with Crippen molar-refractivity contribution in [3.8, 4) is 0 Å². The van der Waals surface area contributed by atoms with Crippen LogP contribution < -0.4 is 5.32 Å². The fourth-order valence-corrected chi connectivity index (χ4v) is 2.45. The van der Waals surface area contributed by atoms with Crippen LogP contribution >= 0.6 is 8.03 Å². The fourth-order valence-electron chi connectivity index (χ4n) is 1.68. The molecule has 0 amide bonds. The highest BCUT2D eigenvalue weighted by atomic mass is 31.1. The highest BCUT2D eigenvalue weighted by Gasteiger charge is 2.34. The molecule has 68 valence electrons. The molecule has 2 N–H and O–H groups in total. The van der Waals surface area contributed by atoms with Gasteiger partial charge in [0.25, 0.3) is 5.78 Å². The van der Waals surface area contributed by atoms with Gasteiger partial charge in [-0.15, -0.1) is 0 Å². The van der Waals surface area contributed by atoms with Crippen molar-refractivity contribution in [2.75, 3.05) is 6.54 Å². The van der Waals surface area contributed by atoms with Crippen LogP contribution in [0.25, 0.3) is 0 Å². The summed E-state index contributed by atoms with van der Waals surface area (Å²) in [6, 6.07) is 7.79. The summed E-state index contributed by atoms with van der Waals surface area (Å²) < 4.78 is 11.0. The maximum atomic E-state index is 11.0. The minimum atomic E-state index is -2.17. The zero-order chi connectivity index (χ0) is 9.26. The van der Waals surface area contributed by atoms with Crippen LogP contribution in [0, 0.1) is 0 Å². The summed E-state index contributed by atoms with van der Waals surface area (Å²) in [5, 5.41) is 3.04. The summed E-state index contributed by atoms with van der Waals surface area (Å²) in [4.78, 5) is 9.07. The topological polar surface area (TPSA) is 49.3 Å². The molecule has 2 rings (SSSR count). The van der Waals surface area contributed by atoms with E-state index in [1.807, 2.05) is 24.3 Å². The molecule has 0 saturated carbocycles. The van der Waals surface area contributed by atoms with Gasteiger partial charge in [0.1, 0.15) is 0 Å². The lowest BCUT2D eigenvalue weighted by atomic mass is 10.0. The molecule has 2 unspecified atom stereocenters. The average molecular weight is 196 g/mol. The van der Waals surface area contributed by atoms with Crippen LogP contribution in [0.15, 0.2) is 24.3 Å². The molecule has 1 aliphatic rings. The first kappa shape index (κ1) is 8.82. The fraction of sp³-hybridized carbons (Fsp3) is 0.333. The van der Waals surface area contributed by atoms with Gasteiger partial charge < -0.3 is 0 Å². The van der Waals surface area contributed by atoms with Gasteiger partial charge in [-0.3, -0.25) is 5.32 Å². The quantitative estimate of drug-likeness (QED) is 0.670. The van der Waals surface area contributed by atoms with Gasteiger partial charge in [-0.05, 0) is 16.5 Å². The maximum absolute atomic E-state index is 11.0. The molecule has 0 saturated heterocycles. The van der Waals surface area contributed by atoms with Crippen LogP contribution in [0.3, 0.4) is 0 Å². The average Bonchev–Trinajstić information content (AvgIpc) is 2.17. The monoisotopic (exact) mass is 196 g/mol. The van der Waals surface area contributed by atoms with Gasteiger partial charge in [0, 0.05) is 12.1 Å². The molecular weight excluding hydrogens is 185 g/mol. The second kappa shape index (κ2) is 3.54. The van der Waals surface area contributed by atoms with Crippen molar-refractivity contribution in [3.63, 3.8) is 0 Å².